The molecule has 0 radical (unpaired) electrons. The van der Waals surface area contributed by atoms with Gasteiger partial charge < -0.3 is 10.2 Å². The van der Waals surface area contributed by atoms with Gasteiger partial charge in [0.25, 0.3) is 0 Å². The highest BCUT2D eigenvalue weighted by atomic mass is 16.4. The Labute approximate surface area is 86.1 Å². The van der Waals surface area contributed by atoms with E-state index in [-0.39, 0.29) is 12.4 Å². The van der Waals surface area contributed by atoms with E-state index < -0.39 is 5.76 Å². The molecule has 1 aromatic carbocycles. The highest BCUT2D eigenvalue weighted by Crippen LogP contribution is 2.00. The lowest BCUT2D eigenvalue weighted by atomic mass is 10.2. The summed E-state index contributed by atoms with van der Waals surface area (Å²) in [6.07, 6.45) is 0. The standard InChI is InChI=1S/C10H11N3O2/c11-6-9-12-13(10(14)15-9)7-8-4-2-1-3-5-8/h1-5H,6-7,11H2. The summed E-state index contributed by atoms with van der Waals surface area (Å²) in [6.45, 7) is 0.542. The fraction of sp³-hybridized carbons (Fsp3) is 0.200. The minimum absolute atomic E-state index is 0.136. The van der Waals surface area contributed by atoms with Gasteiger partial charge in [0.15, 0.2) is 0 Å². The van der Waals surface area contributed by atoms with E-state index in [4.69, 9.17) is 10.2 Å². The van der Waals surface area contributed by atoms with Crippen molar-refractivity contribution in [3.05, 3.63) is 52.3 Å². The third-order valence-electron chi connectivity index (χ3n) is 2.00. The van der Waals surface area contributed by atoms with Crippen molar-refractivity contribution in [3.63, 3.8) is 0 Å². The number of benzene rings is 1. The Hall–Kier alpha value is -1.88. The molecule has 2 N–H and O–H groups in total. The SMILES string of the molecule is NCc1nn(Cc2ccccc2)c(=O)o1. The molecule has 78 valence electrons. The predicted octanol–water partition coefficient (Wildman–Crippen LogP) is 0.343. The molecule has 0 unspecified atom stereocenters. The van der Waals surface area contributed by atoms with Gasteiger partial charge in [-0.05, 0) is 5.56 Å². The topological polar surface area (TPSA) is 74.0 Å². The molecule has 0 saturated heterocycles. The second-order valence-electron chi connectivity index (χ2n) is 3.11. The van der Waals surface area contributed by atoms with Crippen LogP contribution in [0.1, 0.15) is 11.5 Å². The number of aromatic nitrogens is 2. The number of hydrogen-bond donors (Lipinski definition) is 1. The summed E-state index contributed by atoms with van der Waals surface area (Å²) >= 11 is 0. The summed E-state index contributed by atoms with van der Waals surface area (Å²) in [4.78, 5) is 11.3. The first-order valence-electron chi connectivity index (χ1n) is 4.60. The van der Waals surface area contributed by atoms with Gasteiger partial charge in [-0.1, -0.05) is 30.3 Å². The lowest BCUT2D eigenvalue weighted by Gasteiger charge is -1.97. The van der Waals surface area contributed by atoms with E-state index in [0.717, 1.165) is 5.56 Å². The molecule has 2 rings (SSSR count). The molecule has 0 aliphatic heterocycles. The van der Waals surface area contributed by atoms with Crippen LogP contribution in [-0.4, -0.2) is 9.78 Å². The second-order valence-corrected chi connectivity index (χ2v) is 3.11. The van der Waals surface area contributed by atoms with Crippen LogP contribution in [-0.2, 0) is 13.1 Å². The minimum Gasteiger partial charge on any atom is -0.391 e. The largest absolute Gasteiger partial charge is 0.437 e. The van der Waals surface area contributed by atoms with Crippen LogP contribution in [0.3, 0.4) is 0 Å². The maximum atomic E-state index is 11.3. The molecule has 0 aliphatic carbocycles. The van der Waals surface area contributed by atoms with Crippen LogP contribution in [0.25, 0.3) is 0 Å². The monoisotopic (exact) mass is 205 g/mol. The Balaban J connectivity index is 2.25. The van der Waals surface area contributed by atoms with Crippen molar-refractivity contribution >= 4 is 0 Å². The van der Waals surface area contributed by atoms with E-state index >= 15 is 0 Å². The zero-order valence-electron chi connectivity index (χ0n) is 8.09. The van der Waals surface area contributed by atoms with Crippen molar-refractivity contribution in [2.24, 2.45) is 5.73 Å². The van der Waals surface area contributed by atoms with Gasteiger partial charge in [-0.3, -0.25) is 0 Å². The van der Waals surface area contributed by atoms with Crippen molar-refractivity contribution in [2.75, 3.05) is 0 Å². The normalized spacial score (nSPS) is 10.5. The number of hydrogen-bond acceptors (Lipinski definition) is 4. The van der Waals surface area contributed by atoms with Gasteiger partial charge >= 0.3 is 5.76 Å². The Morgan fingerprint density at radius 3 is 2.67 bits per heavy atom. The summed E-state index contributed by atoms with van der Waals surface area (Å²) in [5, 5.41) is 3.94. The molecule has 5 nitrogen and oxygen atoms in total. The molecular formula is C10H11N3O2. The third-order valence-corrected chi connectivity index (χ3v) is 2.00. The summed E-state index contributed by atoms with van der Waals surface area (Å²) in [5.41, 5.74) is 6.31. The van der Waals surface area contributed by atoms with E-state index in [1.165, 1.54) is 4.68 Å². The van der Waals surface area contributed by atoms with E-state index in [1.54, 1.807) is 0 Å². The first-order chi connectivity index (χ1) is 7.29. The van der Waals surface area contributed by atoms with Crippen LogP contribution in [0, 0.1) is 0 Å². The van der Waals surface area contributed by atoms with Gasteiger partial charge in [0.05, 0.1) is 13.1 Å². The Bertz CT molecular complexity index is 487. The van der Waals surface area contributed by atoms with Gasteiger partial charge in [0.2, 0.25) is 5.89 Å². The first kappa shape index (κ1) is 9.67. The maximum Gasteiger partial charge on any atom is 0.437 e. The molecule has 0 amide bonds. The van der Waals surface area contributed by atoms with Gasteiger partial charge in [-0.15, -0.1) is 5.10 Å². The summed E-state index contributed by atoms with van der Waals surface area (Å²) in [6, 6.07) is 9.57. The molecule has 0 bridgehead atoms. The molecule has 15 heavy (non-hydrogen) atoms. The van der Waals surface area contributed by atoms with Crippen LogP contribution in [0.5, 0.6) is 0 Å². The Morgan fingerprint density at radius 2 is 2.07 bits per heavy atom. The quantitative estimate of drug-likeness (QED) is 0.784. The highest BCUT2D eigenvalue weighted by molar-refractivity contribution is 5.14. The maximum absolute atomic E-state index is 11.3. The zero-order chi connectivity index (χ0) is 10.7. The number of rotatable bonds is 3. The van der Waals surface area contributed by atoms with Gasteiger partial charge in [0.1, 0.15) is 0 Å². The average Bonchev–Trinajstić information content (AvgIpc) is 2.61. The van der Waals surface area contributed by atoms with Crippen molar-refractivity contribution in [1.29, 1.82) is 0 Å². The van der Waals surface area contributed by atoms with Crippen LogP contribution in [0.4, 0.5) is 0 Å². The molecule has 0 aliphatic rings. The van der Waals surface area contributed by atoms with Crippen molar-refractivity contribution in [3.8, 4) is 0 Å². The highest BCUT2D eigenvalue weighted by Gasteiger charge is 2.05. The Kier molecular flexibility index (Phi) is 2.64. The molecule has 0 fully saturated rings. The van der Waals surface area contributed by atoms with Crippen LogP contribution in [0.2, 0.25) is 0 Å². The van der Waals surface area contributed by atoms with Gasteiger partial charge in [0, 0.05) is 0 Å². The first-order valence-corrected chi connectivity index (χ1v) is 4.60. The summed E-state index contributed by atoms with van der Waals surface area (Å²) in [5.74, 6) is -0.213. The third kappa shape index (κ3) is 2.13. The van der Waals surface area contributed by atoms with Crippen molar-refractivity contribution in [2.45, 2.75) is 13.1 Å². The number of nitrogens with zero attached hydrogens (tertiary/aromatic N) is 2. The van der Waals surface area contributed by atoms with Crippen molar-refractivity contribution < 1.29 is 4.42 Å². The van der Waals surface area contributed by atoms with Gasteiger partial charge in [-0.2, -0.15) is 4.68 Å². The smallest absolute Gasteiger partial charge is 0.391 e. The fourth-order valence-corrected chi connectivity index (χ4v) is 1.29. The average molecular weight is 205 g/mol. The molecule has 5 heteroatoms. The van der Waals surface area contributed by atoms with E-state index in [0.29, 0.717) is 6.54 Å². The lowest BCUT2D eigenvalue weighted by molar-refractivity contribution is 0.452. The molecular weight excluding hydrogens is 194 g/mol. The summed E-state index contributed by atoms with van der Waals surface area (Å²) < 4.78 is 6.07. The minimum atomic E-state index is -0.473. The van der Waals surface area contributed by atoms with E-state index in [1.807, 2.05) is 30.3 Å². The van der Waals surface area contributed by atoms with Crippen LogP contribution >= 0.6 is 0 Å². The second kappa shape index (κ2) is 4.10. The van der Waals surface area contributed by atoms with Gasteiger partial charge in [-0.25, -0.2) is 4.79 Å². The predicted molar refractivity (Wildman–Crippen MR) is 54.2 cm³/mol. The number of nitrogens with two attached hydrogens (primary N) is 1. The molecule has 1 aromatic heterocycles. The molecule has 0 spiro atoms. The fourth-order valence-electron chi connectivity index (χ4n) is 1.29. The molecule has 0 saturated carbocycles. The van der Waals surface area contributed by atoms with Crippen LogP contribution in [0.15, 0.2) is 39.5 Å². The lowest BCUT2D eigenvalue weighted by Crippen LogP contribution is -2.16. The van der Waals surface area contributed by atoms with E-state index in [9.17, 15) is 4.79 Å². The molecule has 0 atom stereocenters. The molecule has 1 heterocycles. The molecule has 2 aromatic rings. The van der Waals surface area contributed by atoms with E-state index in [2.05, 4.69) is 5.10 Å². The van der Waals surface area contributed by atoms with Crippen molar-refractivity contribution in [1.82, 2.24) is 9.78 Å². The van der Waals surface area contributed by atoms with Crippen LogP contribution < -0.4 is 11.5 Å². The summed E-state index contributed by atoms with van der Waals surface area (Å²) in [7, 11) is 0. The Morgan fingerprint density at radius 1 is 1.33 bits per heavy atom. The zero-order valence-corrected chi connectivity index (χ0v) is 8.09.